The number of carbonyl (C=O) groups excluding carboxylic acids is 3. The van der Waals surface area contributed by atoms with Gasteiger partial charge < -0.3 is 10.2 Å². The Hall–Kier alpha value is -1.76. The predicted molar refractivity (Wildman–Crippen MR) is 96.8 cm³/mol. The van der Waals surface area contributed by atoms with Crippen LogP contribution in [0.25, 0.3) is 0 Å². The molecule has 0 bridgehead atoms. The number of thiazole rings is 1. The topological polar surface area (TPSA) is 79.4 Å². The molecule has 1 aromatic heterocycles. The second-order valence-electron chi connectivity index (χ2n) is 7.05. The molecule has 136 valence electrons. The van der Waals surface area contributed by atoms with Crippen molar-refractivity contribution in [3.63, 3.8) is 0 Å². The van der Waals surface area contributed by atoms with Crippen LogP contribution in [-0.4, -0.2) is 41.1 Å². The summed E-state index contributed by atoms with van der Waals surface area (Å²) in [6, 6.07) is 0. The quantitative estimate of drug-likeness (QED) is 0.843. The minimum Gasteiger partial charge on any atom is -0.346 e. The third-order valence-electron chi connectivity index (χ3n) is 5.10. The minimum atomic E-state index is -0.334. The Morgan fingerprint density at radius 2 is 2.04 bits per heavy atom. The van der Waals surface area contributed by atoms with Crippen LogP contribution in [0.15, 0.2) is 0 Å². The van der Waals surface area contributed by atoms with E-state index in [1.54, 1.807) is 11.9 Å². The summed E-state index contributed by atoms with van der Waals surface area (Å²) >= 11 is 1.24. The molecule has 7 heteroatoms. The van der Waals surface area contributed by atoms with Gasteiger partial charge in [-0.15, -0.1) is 0 Å². The molecule has 1 heterocycles. The van der Waals surface area contributed by atoms with E-state index in [-0.39, 0.29) is 35.9 Å². The Kier molecular flexibility index (Phi) is 5.51. The van der Waals surface area contributed by atoms with E-state index in [1.165, 1.54) is 11.3 Å². The third-order valence-corrected chi connectivity index (χ3v) is 6.15. The Morgan fingerprint density at radius 3 is 2.68 bits per heavy atom. The molecule has 0 unspecified atom stereocenters. The Balaban J connectivity index is 1.66. The monoisotopic (exact) mass is 363 g/mol. The standard InChI is InChI=1S/C18H25N3O3S/c1-3-4-8-21(2)17(24)12-9-13-15(14(22)10-12)25-18(19-13)20-16(23)11-6-5-7-11/h11-12H,3-10H2,1-2H3,(H,19,20,23)/t12-/m1/s1. The number of hydrogen-bond acceptors (Lipinski definition) is 5. The van der Waals surface area contributed by atoms with Gasteiger partial charge in [0.05, 0.1) is 16.5 Å². The van der Waals surface area contributed by atoms with Gasteiger partial charge in [0, 0.05) is 32.4 Å². The van der Waals surface area contributed by atoms with Crippen molar-refractivity contribution < 1.29 is 14.4 Å². The van der Waals surface area contributed by atoms with E-state index >= 15 is 0 Å². The lowest BCUT2D eigenvalue weighted by Gasteiger charge is -2.25. The number of Topliss-reactive ketones (excluding diaryl/α,β-unsaturated/α-hetero) is 1. The summed E-state index contributed by atoms with van der Waals surface area (Å²) in [5.74, 6) is -0.278. The lowest BCUT2D eigenvalue weighted by Crippen LogP contribution is -2.37. The van der Waals surface area contributed by atoms with Gasteiger partial charge in [-0.1, -0.05) is 31.1 Å². The SMILES string of the molecule is CCCCN(C)C(=O)[C@H]1CC(=O)c2sc(NC(=O)C3CCC3)nc2C1. The average molecular weight is 363 g/mol. The smallest absolute Gasteiger partial charge is 0.229 e. The summed E-state index contributed by atoms with van der Waals surface area (Å²) in [6.45, 7) is 2.80. The first-order valence-electron chi connectivity index (χ1n) is 9.08. The average Bonchev–Trinajstić information content (AvgIpc) is 2.92. The van der Waals surface area contributed by atoms with Crippen molar-refractivity contribution in [2.24, 2.45) is 11.8 Å². The number of aromatic nitrogens is 1. The van der Waals surface area contributed by atoms with Crippen molar-refractivity contribution in [2.75, 3.05) is 18.9 Å². The normalized spacial score (nSPS) is 19.9. The molecule has 0 spiro atoms. The third kappa shape index (κ3) is 3.92. The second kappa shape index (κ2) is 7.64. The molecule has 0 radical (unpaired) electrons. The maximum atomic E-state index is 12.6. The fourth-order valence-electron chi connectivity index (χ4n) is 3.25. The molecule has 25 heavy (non-hydrogen) atoms. The molecule has 1 saturated carbocycles. The van der Waals surface area contributed by atoms with Gasteiger partial charge in [-0.25, -0.2) is 4.98 Å². The van der Waals surface area contributed by atoms with E-state index in [2.05, 4.69) is 17.2 Å². The number of rotatable bonds is 6. The summed E-state index contributed by atoms with van der Waals surface area (Å²) in [5.41, 5.74) is 0.660. The second-order valence-corrected chi connectivity index (χ2v) is 8.05. The van der Waals surface area contributed by atoms with Crippen molar-refractivity contribution in [1.82, 2.24) is 9.88 Å². The van der Waals surface area contributed by atoms with Crippen molar-refractivity contribution in [2.45, 2.75) is 51.9 Å². The van der Waals surface area contributed by atoms with Gasteiger partial charge in [0.15, 0.2) is 10.9 Å². The summed E-state index contributed by atoms with van der Waals surface area (Å²) in [4.78, 5) is 43.8. The first kappa shape index (κ1) is 18.0. The van der Waals surface area contributed by atoms with E-state index in [4.69, 9.17) is 0 Å². The Bertz CT molecular complexity index is 681. The highest BCUT2D eigenvalue weighted by Gasteiger charge is 2.35. The van der Waals surface area contributed by atoms with Crippen LogP contribution in [-0.2, 0) is 16.0 Å². The largest absolute Gasteiger partial charge is 0.346 e. The zero-order valence-electron chi connectivity index (χ0n) is 14.8. The van der Waals surface area contributed by atoms with Crippen molar-refractivity contribution in [3.8, 4) is 0 Å². The van der Waals surface area contributed by atoms with Gasteiger partial charge in [0.2, 0.25) is 11.8 Å². The van der Waals surface area contributed by atoms with Crippen LogP contribution in [0, 0.1) is 11.8 Å². The Labute approximate surface area is 152 Å². The minimum absolute atomic E-state index is 0.00304. The van der Waals surface area contributed by atoms with Gasteiger partial charge in [-0.3, -0.25) is 14.4 Å². The zero-order valence-corrected chi connectivity index (χ0v) is 15.7. The summed E-state index contributed by atoms with van der Waals surface area (Å²) < 4.78 is 0. The van der Waals surface area contributed by atoms with E-state index in [1.807, 2.05) is 0 Å². The maximum Gasteiger partial charge on any atom is 0.229 e. The lowest BCUT2D eigenvalue weighted by atomic mass is 9.85. The highest BCUT2D eigenvalue weighted by molar-refractivity contribution is 7.17. The molecule has 2 aliphatic carbocycles. The number of fused-ring (bicyclic) bond motifs is 1. The van der Waals surface area contributed by atoms with E-state index in [0.29, 0.717) is 28.7 Å². The van der Waals surface area contributed by atoms with Gasteiger partial charge in [-0.05, 0) is 19.3 Å². The molecular weight excluding hydrogens is 338 g/mol. The first-order valence-corrected chi connectivity index (χ1v) is 9.90. The van der Waals surface area contributed by atoms with Crippen LogP contribution in [0.4, 0.5) is 5.13 Å². The molecule has 0 saturated heterocycles. The van der Waals surface area contributed by atoms with Gasteiger partial charge in [0.25, 0.3) is 0 Å². The number of hydrogen-bond donors (Lipinski definition) is 1. The van der Waals surface area contributed by atoms with Crippen molar-refractivity contribution in [3.05, 3.63) is 10.6 Å². The molecule has 1 aromatic rings. The predicted octanol–water partition coefficient (Wildman–Crippen LogP) is 2.89. The van der Waals surface area contributed by atoms with Crippen LogP contribution in [0.5, 0.6) is 0 Å². The number of carbonyl (C=O) groups is 3. The lowest BCUT2D eigenvalue weighted by molar-refractivity contribution is -0.134. The number of nitrogens with zero attached hydrogens (tertiary/aromatic N) is 2. The number of nitrogens with one attached hydrogen (secondary N) is 1. The summed E-state index contributed by atoms with van der Waals surface area (Å²) in [6.07, 6.45) is 5.66. The van der Waals surface area contributed by atoms with Gasteiger partial charge in [-0.2, -0.15) is 0 Å². The summed E-state index contributed by atoms with van der Waals surface area (Å²) in [7, 11) is 1.79. The number of amides is 2. The van der Waals surface area contributed by atoms with Crippen LogP contribution in [0.1, 0.15) is 60.8 Å². The van der Waals surface area contributed by atoms with E-state index in [9.17, 15) is 14.4 Å². The molecule has 3 rings (SSSR count). The Morgan fingerprint density at radius 1 is 1.28 bits per heavy atom. The number of anilines is 1. The molecule has 1 N–H and O–H groups in total. The molecular formula is C18H25N3O3S. The molecule has 1 atom stereocenters. The van der Waals surface area contributed by atoms with E-state index < -0.39 is 0 Å². The maximum absolute atomic E-state index is 12.6. The molecule has 1 fully saturated rings. The van der Waals surface area contributed by atoms with Crippen LogP contribution in [0.3, 0.4) is 0 Å². The molecule has 2 aliphatic rings. The fraction of sp³-hybridized carbons (Fsp3) is 0.667. The summed E-state index contributed by atoms with van der Waals surface area (Å²) in [5, 5.41) is 3.33. The van der Waals surface area contributed by atoms with Crippen molar-refractivity contribution >= 4 is 34.1 Å². The molecule has 0 aliphatic heterocycles. The first-order chi connectivity index (χ1) is 12.0. The van der Waals surface area contributed by atoms with Crippen LogP contribution < -0.4 is 5.32 Å². The number of ketones is 1. The zero-order chi connectivity index (χ0) is 18.0. The highest BCUT2D eigenvalue weighted by Crippen LogP contribution is 2.34. The van der Waals surface area contributed by atoms with Crippen LogP contribution in [0.2, 0.25) is 0 Å². The number of unbranched alkanes of at least 4 members (excludes halogenated alkanes) is 1. The molecule has 2 amide bonds. The van der Waals surface area contributed by atoms with Crippen LogP contribution >= 0.6 is 11.3 Å². The molecule has 6 nitrogen and oxygen atoms in total. The van der Waals surface area contributed by atoms with Gasteiger partial charge in [0.1, 0.15) is 0 Å². The fourth-order valence-corrected chi connectivity index (χ4v) is 4.20. The highest BCUT2D eigenvalue weighted by atomic mass is 32.1. The van der Waals surface area contributed by atoms with E-state index in [0.717, 1.165) is 32.1 Å². The molecule has 0 aromatic carbocycles. The van der Waals surface area contributed by atoms with Gasteiger partial charge >= 0.3 is 0 Å². The van der Waals surface area contributed by atoms with Crippen molar-refractivity contribution in [1.29, 1.82) is 0 Å².